The van der Waals surface area contributed by atoms with Gasteiger partial charge in [-0.15, -0.1) is 0 Å². The molecular weight excluding hydrogens is 274 g/mol. The van der Waals surface area contributed by atoms with E-state index in [1.54, 1.807) is 0 Å². The molecule has 116 valence electrons. The maximum atomic E-state index is 10.3. The van der Waals surface area contributed by atoms with Crippen molar-refractivity contribution in [3.8, 4) is 5.75 Å². The fourth-order valence-corrected chi connectivity index (χ4v) is 2.97. The minimum Gasteiger partial charge on any atom is -0.491 e. The third-order valence-electron chi connectivity index (χ3n) is 4.40. The quantitative estimate of drug-likeness (QED) is 0.920. The van der Waals surface area contributed by atoms with E-state index in [2.05, 4.69) is 42.2 Å². The molecule has 0 bridgehead atoms. The normalized spacial score (nSPS) is 14.8. The fraction of sp³-hybridized carbons (Fsp3) is 0.368. The Bertz CT molecular complexity index is 654. The van der Waals surface area contributed by atoms with E-state index in [1.807, 2.05) is 19.1 Å². The lowest BCUT2D eigenvalue weighted by atomic mass is 10.1. The Morgan fingerprint density at radius 1 is 1.14 bits per heavy atom. The lowest BCUT2D eigenvalue weighted by Crippen LogP contribution is -2.34. The predicted octanol–water partition coefficient (Wildman–Crippen LogP) is 3.11. The van der Waals surface area contributed by atoms with Crippen molar-refractivity contribution in [3.63, 3.8) is 0 Å². The van der Waals surface area contributed by atoms with E-state index >= 15 is 0 Å². The molecule has 0 spiro atoms. The highest BCUT2D eigenvalue weighted by molar-refractivity contribution is 5.57. The third kappa shape index (κ3) is 3.09. The van der Waals surface area contributed by atoms with Crippen molar-refractivity contribution in [1.29, 1.82) is 0 Å². The van der Waals surface area contributed by atoms with Gasteiger partial charge < -0.3 is 14.7 Å². The van der Waals surface area contributed by atoms with E-state index < -0.39 is 6.10 Å². The number of aliphatic hydroxyl groups is 1. The highest BCUT2D eigenvalue weighted by atomic mass is 16.5. The number of hydrogen-bond donors (Lipinski definition) is 1. The Hall–Kier alpha value is -2.00. The van der Waals surface area contributed by atoms with Gasteiger partial charge in [-0.1, -0.05) is 30.3 Å². The van der Waals surface area contributed by atoms with Gasteiger partial charge in [0.2, 0.25) is 0 Å². The van der Waals surface area contributed by atoms with Gasteiger partial charge in [0.25, 0.3) is 0 Å². The number of para-hydroxylation sites is 1. The Morgan fingerprint density at radius 2 is 1.95 bits per heavy atom. The van der Waals surface area contributed by atoms with Crippen LogP contribution in [-0.2, 0) is 6.42 Å². The number of rotatable bonds is 5. The van der Waals surface area contributed by atoms with E-state index in [1.165, 1.54) is 16.8 Å². The zero-order valence-corrected chi connectivity index (χ0v) is 13.2. The zero-order valence-electron chi connectivity index (χ0n) is 13.2. The second-order valence-electron chi connectivity index (χ2n) is 5.99. The summed E-state index contributed by atoms with van der Waals surface area (Å²) in [6.07, 6.45) is 0.562. The van der Waals surface area contributed by atoms with Crippen molar-refractivity contribution >= 4 is 5.69 Å². The molecule has 1 N–H and O–H groups in total. The Morgan fingerprint density at radius 3 is 2.82 bits per heavy atom. The minimum absolute atomic E-state index is 0.322. The Labute approximate surface area is 132 Å². The lowest BCUT2D eigenvalue weighted by Gasteiger charge is -2.23. The van der Waals surface area contributed by atoms with Gasteiger partial charge in [-0.05, 0) is 49.1 Å². The summed E-state index contributed by atoms with van der Waals surface area (Å²) in [5.41, 5.74) is 4.96. The molecule has 3 heteroatoms. The molecule has 0 aromatic heterocycles. The van der Waals surface area contributed by atoms with Crippen molar-refractivity contribution < 1.29 is 9.84 Å². The fourth-order valence-electron chi connectivity index (χ4n) is 2.97. The van der Waals surface area contributed by atoms with Crippen LogP contribution in [-0.4, -0.2) is 30.9 Å². The minimum atomic E-state index is -0.494. The first-order valence-corrected chi connectivity index (χ1v) is 7.85. The molecule has 0 radical (unpaired) electrons. The number of nitrogens with zero attached hydrogens (tertiary/aromatic N) is 1. The number of hydrogen-bond acceptors (Lipinski definition) is 3. The van der Waals surface area contributed by atoms with Crippen molar-refractivity contribution in [2.45, 2.75) is 26.4 Å². The molecule has 1 aliphatic heterocycles. The van der Waals surface area contributed by atoms with Crippen LogP contribution in [0, 0.1) is 13.8 Å². The SMILES string of the molecule is Cc1cccc(OCC(O)CN2CCc3ccccc32)c1C. The summed E-state index contributed by atoms with van der Waals surface area (Å²) in [6.45, 7) is 6.03. The molecule has 1 atom stereocenters. The summed E-state index contributed by atoms with van der Waals surface area (Å²) in [6, 6.07) is 14.4. The average Bonchev–Trinajstić information content (AvgIpc) is 2.92. The smallest absolute Gasteiger partial charge is 0.122 e. The average molecular weight is 297 g/mol. The van der Waals surface area contributed by atoms with Crippen LogP contribution in [0.25, 0.3) is 0 Å². The molecule has 0 amide bonds. The van der Waals surface area contributed by atoms with E-state index in [4.69, 9.17) is 4.74 Å². The highest BCUT2D eigenvalue weighted by Gasteiger charge is 2.21. The van der Waals surface area contributed by atoms with E-state index in [9.17, 15) is 5.11 Å². The third-order valence-corrected chi connectivity index (χ3v) is 4.40. The van der Waals surface area contributed by atoms with Crippen LogP contribution in [0.4, 0.5) is 5.69 Å². The largest absolute Gasteiger partial charge is 0.491 e. The first-order chi connectivity index (χ1) is 10.6. The van der Waals surface area contributed by atoms with Crippen molar-refractivity contribution in [2.24, 2.45) is 0 Å². The number of aliphatic hydroxyl groups excluding tert-OH is 1. The molecule has 2 aromatic carbocycles. The Balaban J connectivity index is 1.57. The number of β-amino-alcohol motifs (C(OH)–C–C–N with tert-alkyl or cyclic N) is 1. The first-order valence-electron chi connectivity index (χ1n) is 7.85. The molecule has 1 heterocycles. The Kier molecular flexibility index (Phi) is 4.34. The second kappa shape index (κ2) is 6.41. The van der Waals surface area contributed by atoms with E-state index in [-0.39, 0.29) is 0 Å². The zero-order chi connectivity index (χ0) is 15.5. The van der Waals surface area contributed by atoms with Crippen LogP contribution >= 0.6 is 0 Å². The van der Waals surface area contributed by atoms with Crippen molar-refractivity contribution in [3.05, 3.63) is 59.2 Å². The summed E-state index contributed by atoms with van der Waals surface area (Å²) in [5.74, 6) is 0.862. The summed E-state index contributed by atoms with van der Waals surface area (Å²) < 4.78 is 5.80. The van der Waals surface area contributed by atoms with Gasteiger partial charge in [-0.2, -0.15) is 0 Å². The van der Waals surface area contributed by atoms with Gasteiger partial charge >= 0.3 is 0 Å². The van der Waals surface area contributed by atoms with Crippen LogP contribution < -0.4 is 9.64 Å². The number of fused-ring (bicyclic) bond motifs is 1. The molecule has 1 aliphatic rings. The number of anilines is 1. The molecule has 0 aliphatic carbocycles. The van der Waals surface area contributed by atoms with Crippen LogP contribution in [0.1, 0.15) is 16.7 Å². The summed E-state index contributed by atoms with van der Waals surface area (Å²) in [7, 11) is 0. The van der Waals surface area contributed by atoms with Crippen molar-refractivity contribution in [2.75, 3.05) is 24.6 Å². The number of benzene rings is 2. The van der Waals surface area contributed by atoms with E-state index in [0.29, 0.717) is 13.2 Å². The monoisotopic (exact) mass is 297 g/mol. The van der Waals surface area contributed by atoms with Gasteiger partial charge in [-0.3, -0.25) is 0 Å². The predicted molar refractivity (Wildman–Crippen MR) is 89.8 cm³/mol. The van der Waals surface area contributed by atoms with Crippen LogP contribution in [0.2, 0.25) is 0 Å². The van der Waals surface area contributed by atoms with Gasteiger partial charge in [-0.25, -0.2) is 0 Å². The first kappa shape index (κ1) is 14.9. The highest BCUT2D eigenvalue weighted by Crippen LogP contribution is 2.27. The molecule has 0 fully saturated rings. The van der Waals surface area contributed by atoms with Gasteiger partial charge in [0.05, 0.1) is 0 Å². The molecule has 2 aromatic rings. The van der Waals surface area contributed by atoms with Crippen LogP contribution in [0.3, 0.4) is 0 Å². The summed E-state index contributed by atoms with van der Waals surface area (Å²) >= 11 is 0. The maximum Gasteiger partial charge on any atom is 0.122 e. The molecule has 0 saturated carbocycles. The summed E-state index contributed by atoms with van der Waals surface area (Å²) in [4.78, 5) is 2.24. The molecule has 0 saturated heterocycles. The second-order valence-corrected chi connectivity index (χ2v) is 5.99. The van der Waals surface area contributed by atoms with Crippen LogP contribution in [0.15, 0.2) is 42.5 Å². The number of aryl methyl sites for hydroxylation is 1. The molecule has 1 unspecified atom stereocenters. The summed E-state index contributed by atoms with van der Waals surface area (Å²) in [5, 5.41) is 10.3. The molecular formula is C19H23NO2. The molecule has 3 nitrogen and oxygen atoms in total. The molecule has 3 rings (SSSR count). The maximum absolute atomic E-state index is 10.3. The lowest BCUT2D eigenvalue weighted by molar-refractivity contribution is 0.112. The van der Waals surface area contributed by atoms with Crippen LogP contribution in [0.5, 0.6) is 5.75 Å². The topological polar surface area (TPSA) is 32.7 Å². The molecule has 22 heavy (non-hydrogen) atoms. The number of ether oxygens (including phenoxy) is 1. The van der Waals surface area contributed by atoms with Crippen molar-refractivity contribution in [1.82, 2.24) is 0 Å². The van der Waals surface area contributed by atoms with E-state index in [0.717, 1.165) is 24.3 Å². The van der Waals surface area contributed by atoms with Gasteiger partial charge in [0, 0.05) is 18.8 Å². The van der Waals surface area contributed by atoms with Gasteiger partial charge in [0.1, 0.15) is 18.5 Å². The van der Waals surface area contributed by atoms with Gasteiger partial charge in [0.15, 0.2) is 0 Å². The standard InChI is InChI=1S/C19H23NO2/c1-14-6-5-9-19(15(14)2)22-13-17(21)12-20-11-10-16-7-3-4-8-18(16)20/h3-9,17,21H,10-13H2,1-2H3.